The van der Waals surface area contributed by atoms with Crippen LogP contribution in [0.4, 0.5) is 22.9 Å². The molecule has 2 aromatic heterocycles. The van der Waals surface area contributed by atoms with Crippen molar-refractivity contribution in [3.8, 4) is 5.69 Å². The molecule has 5 aromatic rings. The standard InChI is InChI=1S/C27H20N4O/c1-19-17-24-23(18-28-19)26(32)25(29-20-11-5-2-6-12-20)27(30-21-13-7-3-8-14-21)31(24)22-15-9-4-10-16-22/h2-7,9-13,15-18,29-30H,1H3. The predicted octanol–water partition coefficient (Wildman–Crippen LogP) is 5.78. The maximum absolute atomic E-state index is 13.7. The van der Waals surface area contributed by atoms with Crippen LogP contribution in [0, 0.1) is 19.1 Å². The van der Waals surface area contributed by atoms with Gasteiger partial charge < -0.3 is 10.6 Å². The van der Waals surface area contributed by atoms with Gasteiger partial charge in [0.1, 0.15) is 11.5 Å². The molecule has 2 heterocycles. The fourth-order valence-electron chi connectivity index (χ4n) is 3.68. The van der Waals surface area contributed by atoms with Crippen LogP contribution in [-0.2, 0) is 0 Å². The number of pyridine rings is 2. The minimum Gasteiger partial charge on any atom is -0.349 e. The van der Waals surface area contributed by atoms with Crippen molar-refractivity contribution in [1.29, 1.82) is 0 Å². The van der Waals surface area contributed by atoms with Gasteiger partial charge in [-0.3, -0.25) is 14.3 Å². The van der Waals surface area contributed by atoms with Gasteiger partial charge in [0.25, 0.3) is 0 Å². The molecule has 154 valence electrons. The van der Waals surface area contributed by atoms with Crippen LogP contribution in [0.3, 0.4) is 0 Å². The van der Waals surface area contributed by atoms with Crippen LogP contribution in [0.5, 0.6) is 0 Å². The number of hydrogen-bond donors (Lipinski definition) is 2. The number of nitrogens with one attached hydrogen (secondary N) is 2. The number of para-hydroxylation sites is 2. The monoisotopic (exact) mass is 416 g/mol. The third-order valence-electron chi connectivity index (χ3n) is 5.15. The number of nitrogens with zero attached hydrogens (tertiary/aromatic N) is 2. The topological polar surface area (TPSA) is 59.0 Å². The van der Waals surface area contributed by atoms with Gasteiger partial charge in [-0.15, -0.1) is 0 Å². The largest absolute Gasteiger partial charge is 0.349 e. The number of aryl methyl sites for hydroxylation is 1. The Labute approximate surface area is 186 Å². The van der Waals surface area contributed by atoms with Crippen LogP contribution >= 0.6 is 0 Å². The Morgan fingerprint density at radius 2 is 1.66 bits per heavy atom. The van der Waals surface area contributed by atoms with E-state index in [4.69, 9.17) is 0 Å². The quantitative estimate of drug-likeness (QED) is 0.381. The molecule has 5 heteroatoms. The van der Waals surface area contributed by atoms with Crippen LogP contribution in [0.25, 0.3) is 16.6 Å². The molecule has 3 aromatic carbocycles. The van der Waals surface area contributed by atoms with Crippen LogP contribution in [0.2, 0.25) is 0 Å². The number of anilines is 4. The summed E-state index contributed by atoms with van der Waals surface area (Å²) >= 11 is 0. The summed E-state index contributed by atoms with van der Waals surface area (Å²) in [6.07, 6.45) is 1.65. The summed E-state index contributed by atoms with van der Waals surface area (Å²) in [7, 11) is 0. The van der Waals surface area contributed by atoms with Crippen molar-refractivity contribution in [2.24, 2.45) is 0 Å². The molecule has 32 heavy (non-hydrogen) atoms. The lowest BCUT2D eigenvalue weighted by molar-refractivity contribution is 1.09. The van der Waals surface area contributed by atoms with Gasteiger partial charge in [-0.1, -0.05) is 48.5 Å². The molecule has 0 saturated heterocycles. The zero-order valence-corrected chi connectivity index (χ0v) is 17.5. The Morgan fingerprint density at radius 3 is 2.38 bits per heavy atom. The van der Waals surface area contributed by atoms with E-state index in [1.54, 1.807) is 12.3 Å². The molecule has 0 bridgehead atoms. The summed E-state index contributed by atoms with van der Waals surface area (Å²) in [5.74, 6) is 0.610. The molecule has 0 aliphatic heterocycles. The molecule has 0 fully saturated rings. The second kappa shape index (κ2) is 8.29. The van der Waals surface area contributed by atoms with Crippen molar-refractivity contribution >= 4 is 33.8 Å². The van der Waals surface area contributed by atoms with Crippen LogP contribution in [0.15, 0.2) is 95.9 Å². The lowest BCUT2D eigenvalue weighted by Crippen LogP contribution is -2.18. The van der Waals surface area contributed by atoms with Gasteiger partial charge in [-0.2, -0.15) is 0 Å². The van der Waals surface area contributed by atoms with E-state index in [-0.39, 0.29) is 5.43 Å². The molecule has 0 aliphatic rings. The SMILES string of the molecule is Cc1cc2c(cn1)c(=O)c(Nc1ccccc1)c(Nc1c#cccc1)n2-c1ccccc1. The highest BCUT2D eigenvalue weighted by Gasteiger charge is 2.19. The van der Waals surface area contributed by atoms with Crippen LogP contribution < -0.4 is 16.1 Å². The molecule has 0 amide bonds. The van der Waals surface area contributed by atoms with Crippen LogP contribution in [0.1, 0.15) is 5.69 Å². The number of rotatable bonds is 5. The lowest BCUT2D eigenvalue weighted by atomic mass is 10.1. The minimum absolute atomic E-state index is 0.133. The van der Waals surface area contributed by atoms with E-state index in [1.807, 2.05) is 90.4 Å². The van der Waals surface area contributed by atoms with Crippen molar-refractivity contribution < 1.29 is 0 Å². The molecular formula is C27H20N4O. The first-order chi connectivity index (χ1) is 15.7. The third kappa shape index (κ3) is 3.66. The average molecular weight is 416 g/mol. The summed E-state index contributed by atoms with van der Waals surface area (Å²) in [6, 6.07) is 33.1. The highest BCUT2D eigenvalue weighted by atomic mass is 16.1. The van der Waals surface area contributed by atoms with Crippen molar-refractivity contribution in [2.75, 3.05) is 10.6 Å². The summed E-state index contributed by atoms with van der Waals surface area (Å²) in [5.41, 5.74) is 4.33. The zero-order valence-electron chi connectivity index (χ0n) is 17.5. The molecule has 0 unspecified atom stereocenters. The highest BCUT2D eigenvalue weighted by molar-refractivity contribution is 5.91. The Morgan fingerprint density at radius 1 is 0.906 bits per heavy atom. The van der Waals surface area contributed by atoms with E-state index in [9.17, 15) is 4.79 Å². The molecule has 2 N–H and O–H groups in total. The summed E-state index contributed by atoms with van der Waals surface area (Å²) in [4.78, 5) is 18.1. The maximum atomic E-state index is 13.7. The Hall–Kier alpha value is -4.56. The molecule has 0 atom stereocenters. The molecule has 0 aliphatic carbocycles. The fourth-order valence-corrected chi connectivity index (χ4v) is 3.68. The number of fused-ring (bicyclic) bond motifs is 1. The molecular weight excluding hydrogens is 396 g/mol. The smallest absolute Gasteiger partial charge is 0.216 e. The minimum atomic E-state index is -0.133. The third-order valence-corrected chi connectivity index (χ3v) is 5.15. The summed E-state index contributed by atoms with van der Waals surface area (Å²) in [6.45, 7) is 1.92. The van der Waals surface area contributed by atoms with E-state index in [1.165, 1.54) is 0 Å². The van der Waals surface area contributed by atoms with E-state index >= 15 is 0 Å². The van der Waals surface area contributed by atoms with Crippen molar-refractivity contribution in [2.45, 2.75) is 6.92 Å². The highest BCUT2D eigenvalue weighted by Crippen LogP contribution is 2.32. The second-order valence-electron chi connectivity index (χ2n) is 7.39. The van der Waals surface area contributed by atoms with Gasteiger partial charge in [-0.05, 0) is 55.5 Å². The van der Waals surface area contributed by atoms with E-state index in [0.717, 1.165) is 22.6 Å². The van der Waals surface area contributed by atoms with Crippen molar-refractivity contribution in [3.63, 3.8) is 0 Å². The first-order valence-corrected chi connectivity index (χ1v) is 10.3. The molecule has 0 spiro atoms. The van der Waals surface area contributed by atoms with Gasteiger partial charge >= 0.3 is 0 Å². The van der Waals surface area contributed by atoms with Gasteiger partial charge in [-0.25, -0.2) is 0 Å². The van der Waals surface area contributed by atoms with Crippen molar-refractivity contribution in [1.82, 2.24) is 9.55 Å². The molecule has 5 nitrogen and oxygen atoms in total. The first kappa shape index (κ1) is 19.4. The predicted molar refractivity (Wildman–Crippen MR) is 129 cm³/mol. The normalized spacial score (nSPS) is 10.5. The molecule has 0 radical (unpaired) electrons. The van der Waals surface area contributed by atoms with Gasteiger partial charge in [0, 0.05) is 23.3 Å². The van der Waals surface area contributed by atoms with E-state index in [2.05, 4.69) is 27.8 Å². The fraction of sp³-hybridized carbons (Fsp3) is 0.0370. The summed E-state index contributed by atoms with van der Waals surface area (Å²) in [5, 5.41) is 7.27. The maximum Gasteiger partial charge on any atom is 0.216 e. The number of benzene rings is 2. The van der Waals surface area contributed by atoms with E-state index < -0.39 is 0 Å². The second-order valence-corrected chi connectivity index (χ2v) is 7.39. The molecule has 5 rings (SSSR count). The Kier molecular flexibility index (Phi) is 5.03. The first-order valence-electron chi connectivity index (χ1n) is 10.3. The molecule has 0 saturated carbocycles. The zero-order chi connectivity index (χ0) is 21.9. The number of hydrogen-bond acceptors (Lipinski definition) is 4. The van der Waals surface area contributed by atoms with E-state index in [0.29, 0.717) is 22.6 Å². The number of aromatic nitrogens is 2. The Balaban J connectivity index is 1.86. The lowest BCUT2D eigenvalue weighted by Gasteiger charge is -2.22. The van der Waals surface area contributed by atoms with Crippen LogP contribution in [-0.4, -0.2) is 9.55 Å². The Bertz CT molecular complexity index is 1430. The average Bonchev–Trinajstić information content (AvgIpc) is 2.83. The summed E-state index contributed by atoms with van der Waals surface area (Å²) < 4.78 is 2.04. The van der Waals surface area contributed by atoms with Gasteiger partial charge in [0.2, 0.25) is 5.43 Å². The van der Waals surface area contributed by atoms with Gasteiger partial charge in [0.15, 0.2) is 0 Å². The van der Waals surface area contributed by atoms with Crippen molar-refractivity contribution in [3.05, 3.63) is 119 Å². The van der Waals surface area contributed by atoms with Gasteiger partial charge in [0.05, 0.1) is 16.6 Å².